The summed E-state index contributed by atoms with van der Waals surface area (Å²) in [5.74, 6) is -0.00761. The molecule has 1 fully saturated rings. The van der Waals surface area contributed by atoms with E-state index in [2.05, 4.69) is 10.3 Å². The highest BCUT2D eigenvalue weighted by molar-refractivity contribution is 5.83. The molecule has 0 spiro atoms. The molecule has 7 heteroatoms. The molecule has 0 aliphatic carbocycles. The SMILES string of the molecule is Cc1nc(CN2CC(=O)NCC2C(=O)O)oc1C. The van der Waals surface area contributed by atoms with Crippen LogP contribution in [0.5, 0.6) is 0 Å². The lowest BCUT2D eigenvalue weighted by molar-refractivity contribution is -0.146. The van der Waals surface area contributed by atoms with Gasteiger partial charge in [0.25, 0.3) is 0 Å². The van der Waals surface area contributed by atoms with E-state index in [4.69, 9.17) is 9.52 Å². The Morgan fingerprint density at radius 2 is 2.33 bits per heavy atom. The number of carboxylic acid groups (broad SMARTS) is 1. The Kier molecular flexibility index (Phi) is 3.33. The minimum Gasteiger partial charge on any atom is -0.480 e. The summed E-state index contributed by atoms with van der Waals surface area (Å²) in [5, 5.41) is 11.6. The number of piperazine rings is 1. The smallest absolute Gasteiger partial charge is 0.322 e. The summed E-state index contributed by atoms with van der Waals surface area (Å²) in [4.78, 5) is 28.1. The molecule has 0 aromatic carbocycles. The van der Waals surface area contributed by atoms with Gasteiger partial charge in [0.15, 0.2) is 0 Å². The molecular weight excluding hydrogens is 238 g/mol. The molecule has 1 unspecified atom stereocenters. The number of aromatic nitrogens is 1. The van der Waals surface area contributed by atoms with Crippen molar-refractivity contribution in [3.05, 3.63) is 17.3 Å². The molecule has 0 bridgehead atoms. The van der Waals surface area contributed by atoms with Crippen LogP contribution in [0.4, 0.5) is 0 Å². The second-order valence-corrected chi connectivity index (χ2v) is 4.31. The standard InChI is InChI=1S/C11H15N3O4/c1-6-7(2)18-10(13-6)5-14-4-9(15)12-3-8(14)11(16)17/h8H,3-5H2,1-2H3,(H,12,15)(H,16,17). The molecule has 1 amide bonds. The van der Waals surface area contributed by atoms with E-state index in [-0.39, 0.29) is 25.5 Å². The third kappa shape index (κ3) is 2.51. The highest BCUT2D eigenvalue weighted by atomic mass is 16.4. The van der Waals surface area contributed by atoms with Crippen molar-refractivity contribution in [2.24, 2.45) is 0 Å². The topological polar surface area (TPSA) is 95.7 Å². The third-order valence-corrected chi connectivity index (χ3v) is 2.98. The maximum absolute atomic E-state index is 11.3. The number of carbonyl (C=O) groups is 2. The van der Waals surface area contributed by atoms with Crippen LogP contribution in [0.3, 0.4) is 0 Å². The molecule has 7 nitrogen and oxygen atoms in total. The summed E-state index contributed by atoms with van der Waals surface area (Å²) in [6, 6.07) is -0.741. The Balaban J connectivity index is 2.13. The number of hydrogen-bond acceptors (Lipinski definition) is 5. The van der Waals surface area contributed by atoms with Crippen LogP contribution in [0.1, 0.15) is 17.3 Å². The predicted molar refractivity (Wildman–Crippen MR) is 60.8 cm³/mol. The summed E-state index contributed by atoms with van der Waals surface area (Å²) in [5.41, 5.74) is 0.776. The first-order valence-electron chi connectivity index (χ1n) is 5.64. The van der Waals surface area contributed by atoms with Gasteiger partial charge in [-0.15, -0.1) is 0 Å². The van der Waals surface area contributed by atoms with Crippen LogP contribution in [0, 0.1) is 13.8 Å². The summed E-state index contributed by atoms with van der Waals surface area (Å²) in [6.07, 6.45) is 0. The average Bonchev–Trinajstić information content (AvgIpc) is 2.57. The van der Waals surface area contributed by atoms with Gasteiger partial charge in [0, 0.05) is 6.54 Å². The van der Waals surface area contributed by atoms with Crippen molar-refractivity contribution in [3.8, 4) is 0 Å². The Morgan fingerprint density at radius 1 is 1.61 bits per heavy atom. The molecule has 1 aromatic heterocycles. The van der Waals surface area contributed by atoms with Crippen molar-refractivity contribution < 1.29 is 19.1 Å². The number of aryl methyl sites for hydroxylation is 2. The molecule has 0 radical (unpaired) electrons. The van der Waals surface area contributed by atoms with Crippen LogP contribution in [0.25, 0.3) is 0 Å². The molecule has 98 valence electrons. The molecule has 0 saturated carbocycles. The lowest BCUT2D eigenvalue weighted by Gasteiger charge is -2.31. The largest absolute Gasteiger partial charge is 0.480 e. The minimum atomic E-state index is -0.963. The Bertz CT molecular complexity index is 463. The van der Waals surface area contributed by atoms with Crippen molar-refractivity contribution in [3.63, 3.8) is 0 Å². The maximum atomic E-state index is 11.3. The van der Waals surface area contributed by atoms with Gasteiger partial charge in [0.05, 0.1) is 18.8 Å². The van der Waals surface area contributed by atoms with Gasteiger partial charge in [-0.3, -0.25) is 14.5 Å². The van der Waals surface area contributed by atoms with Crippen LogP contribution in [-0.2, 0) is 16.1 Å². The molecule has 1 aromatic rings. The van der Waals surface area contributed by atoms with Crippen LogP contribution >= 0.6 is 0 Å². The first-order valence-corrected chi connectivity index (χ1v) is 5.64. The Hall–Kier alpha value is -1.89. The minimum absolute atomic E-state index is 0.0391. The zero-order valence-corrected chi connectivity index (χ0v) is 10.3. The van der Waals surface area contributed by atoms with Crippen LogP contribution in [0.2, 0.25) is 0 Å². The van der Waals surface area contributed by atoms with Crippen molar-refractivity contribution in [1.82, 2.24) is 15.2 Å². The predicted octanol–water partition coefficient (Wildman–Crippen LogP) is -0.324. The van der Waals surface area contributed by atoms with Crippen LogP contribution < -0.4 is 5.32 Å². The number of oxazole rings is 1. The van der Waals surface area contributed by atoms with E-state index in [0.717, 1.165) is 5.69 Å². The van der Waals surface area contributed by atoms with Gasteiger partial charge in [0.2, 0.25) is 11.8 Å². The number of aliphatic carboxylic acids is 1. The fourth-order valence-electron chi connectivity index (χ4n) is 1.88. The number of hydrogen-bond donors (Lipinski definition) is 2. The lowest BCUT2D eigenvalue weighted by Crippen LogP contribution is -2.56. The number of carbonyl (C=O) groups excluding carboxylic acids is 1. The van der Waals surface area contributed by atoms with E-state index < -0.39 is 12.0 Å². The summed E-state index contributed by atoms with van der Waals surface area (Å²) in [6.45, 7) is 3.98. The van der Waals surface area contributed by atoms with E-state index in [1.165, 1.54) is 0 Å². The number of amides is 1. The number of rotatable bonds is 3. The molecule has 2 rings (SSSR count). The normalized spacial score (nSPS) is 20.8. The van der Waals surface area contributed by atoms with Gasteiger partial charge in [0.1, 0.15) is 11.8 Å². The second-order valence-electron chi connectivity index (χ2n) is 4.31. The van der Waals surface area contributed by atoms with Gasteiger partial charge in [-0.2, -0.15) is 0 Å². The molecule has 1 saturated heterocycles. The van der Waals surface area contributed by atoms with Crippen LogP contribution in [-0.4, -0.2) is 46.0 Å². The molecule has 1 aliphatic heterocycles. The second kappa shape index (κ2) is 4.77. The fourth-order valence-corrected chi connectivity index (χ4v) is 1.88. The lowest BCUT2D eigenvalue weighted by atomic mass is 10.2. The highest BCUT2D eigenvalue weighted by Gasteiger charge is 2.32. The van der Waals surface area contributed by atoms with Crippen molar-refractivity contribution in [2.45, 2.75) is 26.4 Å². The van der Waals surface area contributed by atoms with Gasteiger partial charge in [-0.1, -0.05) is 0 Å². The van der Waals surface area contributed by atoms with E-state index in [1.807, 2.05) is 6.92 Å². The number of nitrogens with zero attached hydrogens (tertiary/aromatic N) is 2. The van der Waals surface area contributed by atoms with E-state index >= 15 is 0 Å². The molecule has 18 heavy (non-hydrogen) atoms. The van der Waals surface area contributed by atoms with Gasteiger partial charge in [-0.05, 0) is 13.8 Å². The van der Waals surface area contributed by atoms with E-state index in [9.17, 15) is 9.59 Å². The molecule has 1 atom stereocenters. The van der Waals surface area contributed by atoms with Crippen molar-refractivity contribution in [1.29, 1.82) is 0 Å². The third-order valence-electron chi connectivity index (χ3n) is 2.98. The molecule has 2 heterocycles. The number of carboxylic acids is 1. The average molecular weight is 253 g/mol. The number of nitrogens with one attached hydrogen (secondary N) is 1. The molecular formula is C11H15N3O4. The Morgan fingerprint density at radius 3 is 2.89 bits per heavy atom. The molecule has 1 aliphatic rings. The summed E-state index contributed by atoms with van der Waals surface area (Å²) < 4.78 is 5.40. The van der Waals surface area contributed by atoms with Crippen molar-refractivity contribution in [2.75, 3.05) is 13.1 Å². The summed E-state index contributed by atoms with van der Waals surface area (Å²) in [7, 11) is 0. The van der Waals surface area contributed by atoms with Crippen LogP contribution in [0.15, 0.2) is 4.42 Å². The van der Waals surface area contributed by atoms with Gasteiger partial charge in [-0.25, -0.2) is 4.98 Å². The first-order chi connectivity index (χ1) is 8.47. The van der Waals surface area contributed by atoms with Gasteiger partial charge < -0.3 is 14.8 Å². The highest BCUT2D eigenvalue weighted by Crippen LogP contribution is 2.13. The Labute approximate surface area is 104 Å². The summed E-state index contributed by atoms with van der Waals surface area (Å²) >= 11 is 0. The van der Waals surface area contributed by atoms with E-state index in [0.29, 0.717) is 11.7 Å². The quantitative estimate of drug-likeness (QED) is 0.766. The molecule has 2 N–H and O–H groups in total. The first kappa shape index (κ1) is 12.6. The monoisotopic (exact) mass is 253 g/mol. The fraction of sp³-hybridized carbons (Fsp3) is 0.545. The van der Waals surface area contributed by atoms with Gasteiger partial charge >= 0.3 is 5.97 Å². The maximum Gasteiger partial charge on any atom is 0.322 e. The zero-order chi connectivity index (χ0) is 13.3. The zero-order valence-electron chi connectivity index (χ0n) is 10.3. The van der Waals surface area contributed by atoms with E-state index in [1.54, 1.807) is 11.8 Å². The van der Waals surface area contributed by atoms with Crippen molar-refractivity contribution >= 4 is 11.9 Å².